The second-order valence-electron chi connectivity index (χ2n) is 3.56. The van der Waals surface area contributed by atoms with Gasteiger partial charge in [0.05, 0.1) is 6.61 Å². The molecule has 1 aromatic heterocycles. The van der Waals surface area contributed by atoms with E-state index in [9.17, 15) is 4.79 Å². The largest absolute Gasteiger partial charge is 0.440 e. The fourth-order valence-corrected chi connectivity index (χ4v) is 1.66. The average Bonchev–Trinajstić information content (AvgIpc) is 2.96. The smallest absolute Gasteiger partial charge is 0.289 e. The van der Waals surface area contributed by atoms with Gasteiger partial charge in [0, 0.05) is 12.6 Å². The number of aliphatic hydroxyl groups is 1. The average molecular weight is 230 g/mol. The third-order valence-electron chi connectivity index (χ3n) is 2.37. The second kappa shape index (κ2) is 4.24. The molecular weight excluding hydrogens is 218 g/mol. The molecule has 15 heavy (non-hydrogen) atoms. The first-order valence-electron chi connectivity index (χ1n) is 4.89. The van der Waals surface area contributed by atoms with Crippen LogP contribution in [0.15, 0.2) is 16.5 Å². The molecule has 0 atom stereocenters. The van der Waals surface area contributed by atoms with E-state index in [-0.39, 0.29) is 29.5 Å². The standard InChI is InChI=1S/C10H12ClNO3/c11-9-4-3-8(15-9)10(14)12(5-6-13)7-1-2-7/h3-4,7,13H,1-2,5-6H2. The Morgan fingerprint density at radius 3 is 2.80 bits per heavy atom. The summed E-state index contributed by atoms with van der Waals surface area (Å²) >= 11 is 5.59. The maximum absolute atomic E-state index is 11.9. The van der Waals surface area contributed by atoms with Crippen molar-refractivity contribution in [2.75, 3.05) is 13.2 Å². The van der Waals surface area contributed by atoms with Crippen LogP contribution in [0.3, 0.4) is 0 Å². The number of hydrogen-bond acceptors (Lipinski definition) is 3. The maximum Gasteiger partial charge on any atom is 0.289 e. The van der Waals surface area contributed by atoms with Crippen LogP contribution in [0.5, 0.6) is 0 Å². The van der Waals surface area contributed by atoms with Crippen LogP contribution in [-0.2, 0) is 0 Å². The van der Waals surface area contributed by atoms with Crippen molar-refractivity contribution in [2.24, 2.45) is 0 Å². The summed E-state index contributed by atoms with van der Waals surface area (Å²) in [6.07, 6.45) is 2.00. The fourth-order valence-electron chi connectivity index (χ4n) is 1.51. The van der Waals surface area contributed by atoms with Crippen LogP contribution in [-0.4, -0.2) is 35.1 Å². The van der Waals surface area contributed by atoms with Crippen molar-refractivity contribution in [2.45, 2.75) is 18.9 Å². The minimum Gasteiger partial charge on any atom is -0.440 e. The van der Waals surface area contributed by atoms with Gasteiger partial charge in [0.2, 0.25) is 0 Å². The summed E-state index contributed by atoms with van der Waals surface area (Å²) in [4.78, 5) is 13.5. The van der Waals surface area contributed by atoms with E-state index in [1.165, 1.54) is 0 Å². The lowest BCUT2D eigenvalue weighted by Gasteiger charge is -2.19. The molecule has 0 saturated heterocycles. The highest BCUT2D eigenvalue weighted by Gasteiger charge is 2.33. The molecule has 1 amide bonds. The Hall–Kier alpha value is -1.00. The molecule has 1 aliphatic carbocycles. The molecule has 0 bridgehead atoms. The molecule has 82 valence electrons. The number of rotatable bonds is 4. The van der Waals surface area contributed by atoms with Gasteiger partial charge in [-0.15, -0.1) is 0 Å². The number of nitrogens with zero attached hydrogens (tertiary/aromatic N) is 1. The van der Waals surface area contributed by atoms with Gasteiger partial charge in [-0.1, -0.05) is 0 Å². The molecule has 0 unspecified atom stereocenters. The Bertz CT molecular complexity index is 359. The molecule has 2 rings (SSSR count). The molecule has 0 aromatic carbocycles. The molecule has 1 heterocycles. The van der Waals surface area contributed by atoms with Crippen molar-refractivity contribution >= 4 is 17.5 Å². The minimum absolute atomic E-state index is 0.0311. The first-order valence-corrected chi connectivity index (χ1v) is 5.27. The molecule has 0 radical (unpaired) electrons. The normalized spacial score (nSPS) is 15.3. The Kier molecular flexibility index (Phi) is 2.98. The van der Waals surface area contributed by atoms with E-state index in [1.807, 2.05) is 0 Å². The highest BCUT2D eigenvalue weighted by atomic mass is 35.5. The number of halogens is 1. The predicted molar refractivity (Wildman–Crippen MR) is 54.9 cm³/mol. The molecule has 0 spiro atoms. The summed E-state index contributed by atoms with van der Waals surface area (Å²) in [6, 6.07) is 3.35. The molecule has 1 aromatic rings. The fraction of sp³-hybridized carbons (Fsp3) is 0.500. The minimum atomic E-state index is -0.196. The third-order valence-corrected chi connectivity index (χ3v) is 2.58. The predicted octanol–water partition coefficient (Wildman–Crippen LogP) is 1.53. The summed E-state index contributed by atoms with van der Waals surface area (Å²) in [5, 5.41) is 9.07. The SMILES string of the molecule is O=C(c1ccc(Cl)o1)N(CCO)C1CC1. The van der Waals surface area contributed by atoms with E-state index >= 15 is 0 Å². The van der Waals surface area contributed by atoms with Crippen LogP contribution < -0.4 is 0 Å². The van der Waals surface area contributed by atoms with Crippen molar-refractivity contribution in [3.8, 4) is 0 Å². The monoisotopic (exact) mass is 229 g/mol. The number of carbonyl (C=O) groups excluding carboxylic acids is 1. The van der Waals surface area contributed by atoms with Gasteiger partial charge < -0.3 is 14.4 Å². The van der Waals surface area contributed by atoms with E-state index < -0.39 is 0 Å². The Morgan fingerprint density at radius 2 is 2.33 bits per heavy atom. The van der Waals surface area contributed by atoms with Gasteiger partial charge in [-0.2, -0.15) is 0 Å². The van der Waals surface area contributed by atoms with Gasteiger partial charge in [0.15, 0.2) is 11.0 Å². The van der Waals surface area contributed by atoms with Crippen LogP contribution in [0.2, 0.25) is 5.22 Å². The van der Waals surface area contributed by atoms with Crippen molar-refractivity contribution in [1.82, 2.24) is 4.90 Å². The van der Waals surface area contributed by atoms with Gasteiger partial charge in [-0.25, -0.2) is 0 Å². The molecule has 1 aliphatic rings. The quantitative estimate of drug-likeness (QED) is 0.852. The van der Waals surface area contributed by atoms with Crippen LogP contribution in [0, 0.1) is 0 Å². The van der Waals surface area contributed by atoms with Crippen LogP contribution in [0.25, 0.3) is 0 Å². The van der Waals surface area contributed by atoms with Crippen LogP contribution in [0.1, 0.15) is 23.4 Å². The number of amides is 1. The summed E-state index contributed by atoms with van der Waals surface area (Å²) in [6.45, 7) is 0.318. The summed E-state index contributed by atoms with van der Waals surface area (Å²) in [5.74, 6) is 0.0406. The number of aliphatic hydroxyl groups excluding tert-OH is 1. The van der Waals surface area contributed by atoms with Crippen LogP contribution >= 0.6 is 11.6 Å². The lowest BCUT2D eigenvalue weighted by atomic mass is 10.3. The summed E-state index contributed by atoms with van der Waals surface area (Å²) in [5.41, 5.74) is 0. The molecule has 1 N–H and O–H groups in total. The topological polar surface area (TPSA) is 53.7 Å². The Balaban J connectivity index is 2.10. The van der Waals surface area contributed by atoms with Crippen molar-refractivity contribution < 1.29 is 14.3 Å². The zero-order valence-electron chi connectivity index (χ0n) is 8.15. The van der Waals surface area contributed by atoms with E-state index in [4.69, 9.17) is 21.1 Å². The van der Waals surface area contributed by atoms with Crippen LogP contribution in [0.4, 0.5) is 0 Å². The van der Waals surface area contributed by atoms with Gasteiger partial charge in [0.25, 0.3) is 5.91 Å². The van der Waals surface area contributed by atoms with E-state index in [0.717, 1.165) is 12.8 Å². The van der Waals surface area contributed by atoms with Crippen molar-refractivity contribution in [1.29, 1.82) is 0 Å². The first kappa shape index (κ1) is 10.5. The highest BCUT2D eigenvalue weighted by molar-refractivity contribution is 6.29. The third kappa shape index (κ3) is 2.33. The number of hydrogen-bond donors (Lipinski definition) is 1. The lowest BCUT2D eigenvalue weighted by molar-refractivity contribution is 0.0676. The lowest BCUT2D eigenvalue weighted by Crippen LogP contribution is -2.35. The van der Waals surface area contributed by atoms with Crippen molar-refractivity contribution in [3.05, 3.63) is 23.1 Å². The van der Waals surface area contributed by atoms with Gasteiger partial charge in [-0.05, 0) is 36.6 Å². The molecule has 1 saturated carbocycles. The molecule has 0 aliphatic heterocycles. The molecule has 4 nitrogen and oxygen atoms in total. The molecular formula is C10H12ClNO3. The zero-order chi connectivity index (χ0) is 10.8. The summed E-state index contributed by atoms with van der Waals surface area (Å²) < 4.78 is 5.04. The van der Waals surface area contributed by atoms with Crippen molar-refractivity contribution in [3.63, 3.8) is 0 Å². The summed E-state index contributed by atoms with van der Waals surface area (Å²) in [7, 11) is 0. The first-order chi connectivity index (χ1) is 7.22. The molecule has 1 fully saturated rings. The van der Waals surface area contributed by atoms with Gasteiger partial charge >= 0.3 is 0 Å². The Labute approximate surface area is 92.4 Å². The van der Waals surface area contributed by atoms with E-state index in [2.05, 4.69) is 0 Å². The van der Waals surface area contributed by atoms with E-state index in [1.54, 1.807) is 17.0 Å². The maximum atomic E-state index is 11.9. The highest BCUT2D eigenvalue weighted by Crippen LogP contribution is 2.28. The zero-order valence-corrected chi connectivity index (χ0v) is 8.91. The van der Waals surface area contributed by atoms with E-state index in [0.29, 0.717) is 6.54 Å². The van der Waals surface area contributed by atoms with Gasteiger partial charge in [0.1, 0.15) is 0 Å². The second-order valence-corrected chi connectivity index (χ2v) is 3.93. The van der Waals surface area contributed by atoms with Gasteiger partial charge in [-0.3, -0.25) is 4.79 Å². The number of furan rings is 1. The molecule has 5 heteroatoms. The Morgan fingerprint density at radius 1 is 1.60 bits per heavy atom. The number of carbonyl (C=O) groups is 1.